The van der Waals surface area contributed by atoms with Crippen molar-refractivity contribution in [3.63, 3.8) is 0 Å². The molecule has 0 aliphatic heterocycles. The van der Waals surface area contributed by atoms with Crippen LogP contribution in [0.15, 0.2) is 42.5 Å². The smallest absolute Gasteiger partial charge is 0.405 e. The molecule has 156 valence electrons. The van der Waals surface area contributed by atoms with E-state index in [0.717, 1.165) is 6.07 Å². The Morgan fingerprint density at radius 1 is 1.14 bits per heavy atom. The van der Waals surface area contributed by atoms with Crippen LogP contribution in [0, 0.1) is 5.82 Å². The Labute approximate surface area is 164 Å². The molecule has 1 atom stereocenters. The fraction of sp³-hybridized carbons (Fsp3) is 0.263. The monoisotopic (exact) mass is 413 g/mol. The van der Waals surface area contributed by atoms with Crippen LogP contribution in [0.5, 0.6) is 5.75 Å². The lowest BCUT2D eigenvalue weighted by Crippen LogP contribution is -2.42. The molecule has 6 nitrogen and oxygen atoms in total. The zero-order valence-corrected chi connectivity index (χ0v) is 15.6. The molecule has 1 unspecified atom stereocenters. The molecule has 0 aliphatic rings. The maximum Gasteiger partial charge on any atom is 0.405 e. The SMILES string of the molecule is COc1ccc(NC(C)C(=O)NCC(F)(F)F)cc1NC(=O)c1cccc(F)c1. The number of rotatable bonds is 7. The molecule has 0 saturated heterocycles. The van der Waals surface area contributed by atoms with Crippen LogP contribution in [0.3, 0.4) is 0 Å². The number of benzene rings is 2. The number of halogens is 4. The van der Waals surface area contributed by atoms with Gasteiger partial charge in [0.1, 0.15) is 24.2 Å². The third kappa shape index (κ3) is 6.66. The Hall–Kier alpha value is -3.30. The minimum atomic E-state index is -4.51. The molecule has 29 heavy (non-hydrogen) atoms. The first-order valence-corrected chi connectivity index (χ1v) is 8.45. The molecule has 0 radical (unpaired) electrons. The highest BCUT2D eigenvalue weighted by Gasteiger charge is 2.28. The largest absolute Gasteiger partial charge is 0.495 e. The minimum Gasteiger partial charge on any atom is -0.495 e. The molecule has 0 spiro atoms. The van der Waals surface area contributed by atoms with E-state index in [0.29, 0.717) is 11.4 Å². The molecule has 0 aromatic heterocycles. The Kier molecular flexibility index (Phi) is 7.03. The summed E-state index contributed by atoms with van der Waals surface area (Å²) in [7, 11) is 1.38. The van der Waals surface area contributed by atoms with E-state index in [-0.39, 0.29) is 11.3 Å². The number of amides is 2. The number of anilines is 2. The van der Waals surface area contributed by atoms with Crippen molar-refractivity contribution in [3.8, 4) is 5.75 Å². The Morgan fingerprint density at radius 2 is 1.86 bits per heavy atom. The number of ether oxygens (including phenoxy) is 1. The van der Waals surface area contributed by atoms with Crippen molar-refractivity contribution in [2.24, 2.45) is 0 Å². The first-order chi connectivity index (χ1) is 13.6. The van der Waals surface area contributed by atoms with Crippen molar-refractivity contribution in [1.29, 1.82) is 0 Å². The van der Waals surface area contributed by atoms with Crippen LogP contribution in [-0.4, -0.2) is 37.7 Å². The maximum absolute atomic E-state index is 13.3. The first-order valence-electron chi connectivity index (χ1n) is 8.45. The van der Waals surface area contributed by atoms with E-state index < -0.39 is 36.4 Å². The van der Waals surface area contributed by atoms with E-state index >= 15 is 0 Å². The van der Waals surface area contributed by atoms with Gasteiger partial charge in [-0.15, -0.1) is 0 Å². The summed E-state index contributed by atoms with van der Waals surface area (Å²) in [5, 5.41) is 7.10. The van der Waals surface area contributed by atoms with Gasteiger partial charge in [0.2, 0.25) is 5.91 Å². The maximum atomic E-state index is 13.3. The van der Waals surface area contributed by atoms with E-state index in [1.54, 1.807) is 5.32 Å². The molecule has 10 heteroatoms. The van der Waals surface area contributed by atoms with Gasteiger partial charge in [-0.1, -0.05) is 6.07 Å². The predicted molar refractivity (Wildman–Crippen MR) is 99.5 cm³/mol. The van der Waals surface area contributed by atoms with Gasteiger partial charge in [0.25, 0.3) is 5.91 Å². The topological polar surface area (TPSA) is 79.5 Å². The van der Waals surface area contributed by atoms with Crippen molar-refractivity contribution in [2.75, 3.05) is 24.3 Å². The normalized spacial score (nSPS) is 12.1. The van der Waals surface area contributed by atoms with Crippen molar-refractivity contribution in [2.45, 2.75) is 19.1 Å². The zero-order valence-electron chi connectivity index (χ0n) is 15.6. The minimum absolute atomic E-state index is 0.0883. The lowest BCUT2D eigenvalue weighted by molar-refractivity contribution is -0.138. The summed E-state index contributed by atoms with van der Waals surface area (Å²) in [4.78, 5) is 24.1. The second-order valence-electron chi connectivity index (χ2n) is 6.08. The Bertz CT molecular complexity index is 887. The zero-order chi connectivity index (χ0) is 21.6. The van der Waals surface area contributed by atoms with Crippen LogP contribution in [0.1, 0.15) is 17.3 Å². The molecular formula is C19H19F4N3O3. The number of carbonyl (C=O) groups excluding carboxylic acids is 2. The molecule has 2 rings (SSSR count). The lowest BCUT2D eigenvalue weighted by atomic mass is 10.2. The third-order valence-electron chi connectivity index (χ3n) is 3.77. The fourth-order valence-electron chi connectivity index (χ4n) is 2.38. The Morgan fingerprint density at radius 3 is 2.48 bits per heavy atom. The summed E-state index contributed by atoms with van der Waals surface area (Å²) in [5.41, 5.74) is 0.676. The average Bonchev–Trinajstić information content (AvgIpc) is 2.65. The second kappa shape index (κ2) is 9.26. The van der Waals surface area contributed by atoms with Gasteiger partial charge in [-0.2, -0.15) is 13.2 Å². The van der Waals surface area contributed by atoms with E-state index in [9.17, 15) is 27.2 Å². The molecule has 0 heterocycles. The highest BCUT2D eigenvalue weighted by atomic mass is 19.4. The molecule has 0 aliphatic carbocycles. The van der Waals surface area contributed by atoms with Crippen LogP contribution >= 0.6 is 0 Å². The van der Waals surface area contributed by atoms with E-state index in [1.165, 1.54) is 50.4 Å². The summed E-state index contributed by atoms with van der Waals surface area (Å²) < 4.78 is 55.1. The quantitative estimate of drug-likeness (QED) is 0.607. The molecule has 0 saturated carbocycles. The van der Waals surface area contributed by atoms with E-state index in [2.05, 4.69) is 10.6 Å². The molecular weight excluding hydrogens is 394 g/mol. The highest BCUT2D eigenvalue weighted by Crippen LogP contribution is 2.28. The van der Waals surface area contributed by atoms with Gasteiger partial charge in [0, 0.05) is 11.3 Å². The molecule has 3 N–H and O–H groups in total. The van der Waals surface area contributed by atoms with Crippen LogP contribution in [-0.2, 0) is 4.79 Å². The summed E-state index contributed by atoms with van der Waals surface area (Å²) in [6.07, 6.45) is -4.51. The van der Waals surface area contributed by atoms with Crippen LogP contribution in [0.25, 0.3) is 0 Å². The van der Waals surface area contributed by atoms with Crippen LogP contribution < -0.4 is 20.7 Å². The summed E-state index contributed by atoms with van der Waals surface area (Å²) >= 11 is 0. The van der Waals surface area contributed by atoms with Crippen molar-refractivity contribution in [1.82, 2.24) is 5.32 Å². The number of methoxy groups -OCH3 is 1. The standard InChI is InChI=1S/C19H19F4N3O3/c1-11(17(27)24-10-19(21,22)23)25-14-6-7-16(29-2)15(9-14)26-18(28)12-4-3-5-13(20)8-12/h3-9,11,25H,10H2,1-2H3,(H,24,27)(H,26,28). The summed E-state index contributed by atoms with van der Waals surface area (Å²) in [6.45, 7) is -0.0453. The van der Waals surface area contributed by atoms with Gasteiger partial charge in [0.15, 0.2) is 0 Å². The van der Waals surface area contributed by atoms with E-state index in [4.69, 9.17) is 4.74 Å². The number of nitrogens with one attached hydrogen (secondary N) is 3. The van der Waals surface area contributed by atoms with Crippen molar-refractivity contribution < 1.29 is 31.9 Å². The second-order valence-corrected chi connectivity index (χ2v) is 6.08. The lowest BCUT2D eigenvalue weighted by Gasteiger charge is -2.18. The molecule has 0 fully saturated rings. The number of alkyl halides is 3. The molecule has 2 aromatic carbocycles. The molecule has 0 bridgehead atoms. The summed E-state index contributed by atoms with van der Waals surface area (Å²) in [5.74, 6) is -1.70. The van der Waals surface area contributed by atoms with Crippen LogP contribution in [0.4, 0.5) is 28.9 Å². The first kappa shape index (κ1) is 22.0. The van der Waals surface area contributed by atoms with Gasteiger partial charge >= 0.3 is 6.18 Å². The highest BCUT2D eigenvalue weighted by molar-refractivity contribution is 6.05. The number of carbonyl (C=O) groups is 2. The van der Waals surface area contributed by atoms with E-state index in [1.807, 2.05) is 0 Å². The molecule has 2 aromatic rings. The van der Waals surface area contributed by atoms with Crippen molar-refractivity contribution in [3.05, 3.63) is 53.8 Å². The predicted octanol–water partition coefficient (Wildman–Crippen LogP) is 3.57. The van der Waals surface area contributed by atoms with Crippen LogP contribution in [0.2, 0.25) is 0 Å². The van der Waals surface area contributed by atoms with Gasteiger partial charge in [-0.3, -0.25) is 9.59 Å². The third-order valence-corrected chi connectivity index (χ3v) is 3.77. The summed E-state index contributed by atoms with van der Waals surface area (Å²) in [6, 6.07) is 8.60. The van der Waals surface area contributed by atoms with Gasteiger partial charge in [0.05, 0.1) is 12.8 Å². The Balaban J connectivity index is 2.11. The molecule has 2 amide bonds. The van der Waals surface area contributed by atoms with Gasteiger partial charge < -0.3 is 20.7 Å². The number of hydrogen-bond acceptors (Lipinski definition) is 4. The van der Waals surface area contributed by atoms with Gasteiger partial charge in [-0.05, 0) is 43.3 Å². The van der Waals surface area contributed by atoms with Gasteiger partial charge in [-0.25, -0.2) is 4.39 Å². The fourth-order valence-corrected chi connectivity index (χ4v) is 2.38. The van der Waals surface area contributed by atoms with Crippen molar-refractivity contribution >= 4 is 23.2 Å². The number of hydrogen-bond donors (Lipinski definition) is 3. The average molecular weight is 413 g/mol.